The second-order valence-electron chi connectivity index (χ2n) is 5.05. The number of nitriles is 1. The molecule has 1 aromatic rings. The van der Waals surface area contributed by atoms with Crippen LogP contribution in [-0.2, 0) is 0 Å². The van der Waals surface area contributed by atoms with Gasteiger partial charge in [0.05, 0.1) is 5.60 Å². The Morgan fingerprint density at radius 2 is 1.90 bits per heavy atom. The molecule has 0 radical (unpaired) electrons. The molecule has 0 saturated heterocycles. The summed E-state index contributed by atoms with van der Waals surface area (Å²) in [6.45, 7) is 6.70. The monoisotopic (exact) mass is 276 g/mol. The third kappa shape index (κ3) is 4.84. The molecular weight excluding hydrogens is 252 g/mol. The molecule has 0 saturated carbocycles. The summed E-state index contributed by atoms with van der Waals surface area (Å²) >= 11 is 0. The van der Waals surface area contributed by atoms with Gasteiger partial charge in [0.15, 0.2) is 6.61 Å². The lowest BCUT2D eigenvalue weighted by atomic mass is 9.96. The van der Waals surface area contributed by atoms with Crippen molar-refractivity contribution >= 4 is 0 Å². The summed E-state index contributed by atoms with van der Waals surface area (Å²) in [6, 6.07) is 9.76. The van der Waals surface area contributed by atoms with Crippen molar-refractivity contribution in [3.05, 3.63) is 29.8 Å². The van der Waals surface area contributed by atoms with Crippen LogP contribution in [0.3, 0.4) is 0 Å². The highest BCUT2D eigenvalue weighted by molar-refractivity contribution is 5.29. The lowest BCUT2D eigenvalue weighted by molar-refractivity contribution is 0.0303. The third-order valence-electron chi connectivity index (χ3n) is 3.74. The molecule has 20 heavy (non-hydrogen) atoms. The van der Waals surface area contributed by atoms with Gasteiger partial charge in [0.1, 0.15) is 11.8 Å². The molecule has 0 spiro atoms. The lowest BCUT2D eigenvalue weighted by Gasteiger charge is -2.27. The molecule has 0 aliphatic rings. The molecule has 0 amide bonds. The van der Waals surface area contributed by atoms with E-state index < -0.39 is 5.60 Å². The fourth-order valence-corrected chi connectivity index (χ4v) is 1.93. The summed E-state index contributed by atoms with van der Waals surface area (Å²) in [5.74, 6) is 0.695. The van der Waals surface area contributed by atoms with Crippen LogP contribution in [0.25, 0.3) is 0 Å². The average molecular weight is 276 g/mol. The smallest absolute Gasteiger partial charge is 0.174 e. The Morgan fingerprint density at radius 3 is 2.40 bits per heavy atom. The van der Waals surface area contributed by atoms with E-state index in [4.69, 9.17) is 10.00 Å². The fourth-order valence-electron chi connectivity index (χ4n) is 1.93. The zero-order valence-corrected chi connectivity index (χ0v) is 12.5. The molecule has 4 nitrogen and oxygen atoms in total. The van der Waals surface area contributed by atoms with Gasteiger partial charge in [-0.15, -0.1) is 0 Å². The quantitative estimate of drug-likeness (QED) is 0.766. The van der Waals surface area contributed by atoms with Crippen LogP contribution in [0.4, 0.5) is 0 Å². The zero-order chi connectivity index (χ0) is 15.0. The maximum absolute atomic E-state index is 10.3. The second-order valence-corrected chi connectivity index (χ2v) is 5.05. The number of benzene rings is 1. The van der Waals surface area contributed by atoms with Crippen LogP contribution in [0.15, 0.2) is 24.3 Å². The van der Waals surface area contributed by atoms with Gasteiger partial charge in [0, 0.05) is 12.6 Å². The highest BCUT2D eigenvalue weighted by Gasteiger charge is 2.22. The molecule has 4 heteroatoms. The van der Waals surface area contributed by atoms with E-state index in [0.717, 1.165) is 18.4 Å². The predicted octanol–water partition coefficient (Wildman–Crippen LogP) is 2.79. The standard InChI is InChI=1S/C16H24N2O2/c1-4-16(19,5-2)12-18-13(3)14-6-8-15(9-7-14)20-11-10-17/h6-9,13,18-19H,4-5,11-12H2,1-3H3. The van der Waals surface area contributed by atoms with E-state index >= 15 is 0 Å². The van der Waals surface area contributed by atoms with Crippen molar-refractivity contribution in [1.29, 1.82) is 5.26 Å². The second kappa shape index (κ2) is 7.88. The normalized spacial score (nSPS) is 12.8. The summed E-state index contributed by atoms with van der Waals surface area (Å²) in [6.07, 6.45) is 1.48. The first-order chi connectivity index (χ1) is 9.54. The molecule has 110 valence electrons. The number of hydrogen-bond acceptors (Lipinski definition) is 4. The van der Waals surface area contributed by atoms with E-state index in [0.29, 0.717) is 12.3 Å². The topological polar surface area (TPSA) is 65.3 Å². The van der Waals surface area contributed by atoms with Gasteiger partial charge in [-0.2, -0.15) is 5.26 Å². The average Bonchev–Trinajstić information content (AvgIpc) is 2.50. The molecule has 1 unspecified atom stereocenters. The Balaban J connectivity index is 2.55. The molecule has 2 N–H and O–H groups in total. The molecule has 1 rings (SSSR count). The summed E-state index contributed by atoms with van der Waals surface area (Å²) in [5.41, 5.74) is 0.494. The number of rotatable bonds is 8. The van der Waals surface area contributed by atoms with Crippen LogP contribution in [0, 0.1) is 11.3 Å². The van der Waals surface area contributed by atoms with E-state index in [1.165, 1.54) is 0 Å². The van der Waals surface area contributed by atoms with Crippen molar-refractivity contribution in [2.75, 3.05) is 13.2 Å². The Morgan fingerprint density at radius 1 is 1.30 bits per heavy atom. The van der Waals surface area contributed by atoms with Crippen LogP contribution in [0.1, 0.15) is 45.2 Å². The van der Waals surface area contributed by atoms with Gasteiger partial charge in [0.25, 0.3) is 0 Å². The van der Waals surface area contributed by atoms with Crippen LogP contribution >= 0.6 is 0 Å². The first-order valence-corrected chi connectivity index (χ1v) is 7.10. The van der Waals surface area contributed by atoms with Crippen molar-refractivity contribution in [2.24, 2.45) is 0 Å². The number of ether oxygens (including phenoxy) is 1. The Kier molecular flexibility index (Phi) is 6.50. The van der Waals surface area contributed by atoms with E-state index in [-0.39, 0.29) is 12.6 Å². The van der Waals surface area contributed by atoms with E-state index in [1.54, 1.807) is 0 Å². The van der Waals surface area contributed by atoms with Crippen molar-refractivity contribution in [3.8, 4) is 11.8 Å². The maximum Gasteiger partial charge on any atom is 0.174 e. The molecular formula is C16H24N2O2. The van der Waals surface area contributed by atoms with Gasteiger partial charge < -0.3 is 15.2 Å². The number of aliphatic hydroxyl groups is 1. The van der Waals surface area contributed by atoms with Crippen LogP contribution in [0.5, 0.6) is 5.75 Å². The van der Waals surface area contributed by atoms with Gasteiger partial charge in [-0.3, -0.25) is 0 Å². The van der Waals surface area contributed by atoms with Crippen molar-refractivity contribution < 1.29 is 9.84 Å². The minimum Gasteiger partial charge on any atom is -0.479 e. The molecule has 0 fully saturated rings. The molecule has 0 heterocycles. The molecule has 0 aromatic heterocycles. The minimum atomic E-state index is -0.635. The SMILES string of the molecule is CCC(O)(CC)CNC(C)c1ccc(OCC#N)cc1. The van der Waals surface area contributed by atoms with Gasteiger partial charge in [-0.1, -0.05) is 26.0 Å². The summed E-state index contributed by atoms with van der Waals surface area (Å²) < 4.78 is 5.22. The van der Waals surface area contributed by atoms with E-state index in [1.807, 2.05) is 44.2 Å². The van der Waals surface area contributed by atoms with Gasteiger partial charge in [0.2, 0.25) is 0 Å². The molecule has 1 atom stereocenters. The number of nitrogens with zero attached hydrogens (tertiary/aromatic N) is 1. The largest absolute Gasteiger partial charge is 0.479 e. The van der Waals surface area contributed by atoms with Gasteiger partial charge in [-0.25, -0.2) is 0 Å². The molecule has 0 aliphatic heterocycles. The highest BCUT2D eigenvalue weighted by Crippen LogP contribution is 2.19. The van der Waals surface area contributed by atoms with Gasteiger partial charge in [-0.05, 0) is 37.5 Å². The van der Waals surface area contributed by atoms with Crippen molar-refractivity contribution in [2.45, 2.75) is 45.3 Å². The number of hydrogen-bond donors (Lipinski definition) is 2. The first kappa shape index (κ1) is 16.5. The third-order valence-corrected chi connectivity index (χ3v) is 3.74. The van der Waals surface area contributed by atoms with Crippen molar-refractivity contribution in [3.63, 3.8) is 0 Å². The first-order valence-electron chi connectivity index (χ1n) is 7.10. The van der Waals surface area contributed by atoms with Crippen LogP contribution in [-0.4, -0.2) is 23.9 Å². The van der Waals surface area contributed by atoms with Crippen molar-refractivity contribution in [1.82, 2.24) is 5.32 Å². The number of nitrogens with one attached hydrogen (secondary N) is 1. The maximum atomic E-state index is 10.3. The lowest BCUT2D eigenvalue weighted by Crippen LogP contribution is -2.40. The summed E-state index contributed by atoms with van der Waals surface area (Å²) in [4.78, 5) is 0. The Bertz CT molecular complexity index is 433. The minimum absolute atomic E-state index is 0.0627. The fraction of sp³-hybridized carbons (Fsp3) is 0.562. The molecule has 0 bridgehead atoms. The molecule has 0 aliphatic carbocycles. The Hall–Kier alpha value is -1.57. The summed E-state index contributed by atoms with van der Waals surface area (Å²) in [5, 5.41) is 22.1. The predicted molar refractivity (Wildman–Crippen MR) is 79.5 cm³/mol. The van der Waals surface area contributed by atoms with E-state index in [9.17, 15) is 5.11 Å². The van der Waals surface area contributed by atoms with Crippen LogP contribution < -0.4 is 10.1 Å². The van der Waals surface area contributed by atoms with E-state index in [2.05, 4.69) is 12.2 Å². The molecule has 1 aromatic carbocycles. The Labute approximate surface area is 121 Å². The highest BCUT2D eigenvalue weighted by atomic mass is 16.5. The summed E-state index contributed by atoms with van der Waals surface area (Å²) in [7, 11) is 0. The zero-order valence-electron chi connectivity index (χ0n) is 12.5. The van der Waals surface area contributed by atoms with Crippen LogP contribution in [0.2, 0.25) is 0 Å². The van der Waals surface area contributed by atoms with Gasteiger partial charge >= 0.3 is 0 Å².